The molecule has 0 aliphatic rings. The van der Waals surface area contributed by atoms with Crippen LogP contribution < -0.4 is 10.2 Å². The summed E-state index contributed by atoms with van der Waals surface area (Å²) in [5.41, 5.74) is 2.24. The molecule has 0 unspecified atom stereocenters. The van der Waals surface area contributed by atoms with Gasteiger partial charge in [0, 0.05) is 18.3 Å². The summed E-state index contributed by atoms with van der Waals surface area (Å²) in [4.78, 5) is 17.5. The molecule has 11 heteroatoms. The number of nitro groups is 1. The summed E-state index contributed by atoms with van der Waals surface area (Å²) in [5.74, 6) is 0.825. The molecule has 2 aromatic heterocycles. The van der Waals surface area contributed by atoms with Crippen LogP contribution in [-0.2, 0) is 6.18 Å². The number of hydrogen-bond acceptors (Lipinski definition) is 7. The van der Waals surface area contributed by atoms with E-state index in [1.165, 1.54) is 24.4 Å². The SMILES string of the molecule is O=[N+]([O-])c1ccc(Oc2ccc(/C=N\Nc3ccc(C(F)(F)F)cn3)cc2)nc1. The van der Waals surface area contributed by atoms with Gasteiger partial charge >= 0.3 is 6.18 Å². The average Bonchev–Trinajstić information content (AvgIpc) is 2.69. The number of nitrogens with one attached hydrogen (secondary N) is 1. The van der Waals surface area contributed by atoms with E-state index in [0.717, 1.165) is 18.5 Å². The van der Waals surface area contributed by atoms with Gasteiger partial charge in [0.1, 0.15) is 17.8 Å². The largest absolute Gasteiger partial charge is 0.439 e. The maximum absolute atomic E-state index is 12.5. The zero-order valence-electron chi connectivity index (χ0n) is 14.5. The topological polar surface area (TPSA) is 103 Å². The van der Waals surface area contributed by atoms with Gasteiger partial charge in [0.25, 0.3) is 5.69 Å². The van der Waals surface area contributed by atoms with Crippen molar-refractivity contribution in [2.75, 3.05) is 5.43 Å². The zero-order chi connectivity index (χ0) is 20.9. The van der Waals surface area contributed by atoms with Crippen LogP contribution in [0.3, 0.4) is 0 Å². The normalized spacial score (nSPS) is 11.4. The third kappa shape index (κ3) is 5.48. The second kappa shape index (κ2) is 8.33. The van der Waals surface area contributed by atoms with Crippen LogP contribution in [0.15, 0.2) is 66.0 Å². The van der Waals surface area contributed by atoms with E-state index in [9.17, 15) is 23.3 Å². The maximum atomic E-state index is 12.5. The van der Waals surface area contributed by atoms with Crippen molar-refractivity contribution in [2.45, 2.75) is 6.18 Å². The molecule has 0 amide bonds. The number of nitrogens with zero attached hydrogens (tertiary/aromatic N) is 4. The molecule has 0 aliphatic carbocycles. The van der Waals surface area contributed by atoms with Gasteiger partial charge < -0.3 is 4.74 Å². The molecule has 0 radical (unpaired) electrons. The quantitative estimate of drug-likeness (QED) is 0.365. The number of benzene rings is 1. The first kappa shape index (κ1) is 19.7. The number of ether oxygens (including phenoxy) is 1. The van der Waals surface area contributed by atoms with Crippen molar-refractivity contribution in [3.63, 3.8) is 0 Å². The average molecular weight is 403 g/mol. The lowest BCUT2D eigenvalue weighted by Crippen LogP contribution is -2.05. The highest BCUT2D eigenvalue weighted by Gasteiger charge is 2.30. The van der Waals surface area contributed by atoms with E-state index in [-0.39, 0.29) is 17.4 Å². The number of alkyl halides is 3. The first-order valence-corrected chi connectivity index (χ1v) is 8.02. The lowest BCUT2D eigenvalue weighted by atomic mass is 10.2. The predicted octanol–water partition coefficient (Wildman–Crippen LogP) is 4.64. The fourth-order valence-corrected chi connectivity index (χ4v) is 2.08. The molecule has 0 spiro atoms. The summed E-state index contributed by atoms with van der Waals surface area (Å²) in [5, 5.41) is 14.5. The van der Waals surface area contributed by atoms with Gasteiger partial charge in [-0.3, -0.25) is 15.5 Å². The monoisotopic (exact) mass is 403 g/mol. The molecule has 0 aliphatic heterocycles. The van der Waals surface area contributed by atoms with Crippen LogP contribution in [0.1, 0.15) is 11.1 Å². The van der Waals surface area contributed by atoms with Crippen molar-refractivity contribution in [1.82, 2.24) is 9.97 Å². The Bertz CT molecular complexity index is 1000. The lowest BCUT2D eigenvalue weighted by molar-refractivity contribution is -0.385. The molecule has 0 saturated carbocycles. The predicted molar refractivity (Wildman–Crippen MR) is 97.9 cm³/mol. The van der Waals surface area contributed by atoms with Gasteiger partial charge in [-0.05, 0) is 42.0 Å². The number of pyridine rings is 2. The van der Waals surface area contributed by atoms with E-state index in [4.69, 9.17) is 4.74 Å². The highest BCUT2D eigenvalue weighted by atomic mass is 19.4. The molecule has 3 rings (SSSR count). The number of hydrazone groups is 1. The molecule has 29 heavy (non-hydrogen) atoms. The van der Waals surface area contributed by atoms with Crippen LogP contribution in [0.4, 0.5) is 24.7 Å². The first-order valence-electron chi connectivity index (χ1n) is 8.02. The Labute approximate surface area is 161 Å². The molecule has 2 heterocycles. The smallest absolute Gasteiger partial charge is 0.417 e. The molecular weight excluding hydrogens is 391 g/mol. The molecule has 148 valence electrons. The van der Waals surface area contributed by atoms with Crippen LogP contribution in [0.2, 0.25) is 0 Å². The van der Waals surface area contributed by atoms with Gasteiger partial charge in [0.05, 0.1) is 16.7 Å². The van der Waals surface area contributed by atoms with Gasteiger partial charge in [-0.15, -0.1) is 0 Å². The van der Waals surface area contributed by atoms with Crippen molar-refractivity contribution in [1.29, 1.82) is 0 Å². The van der Waals surface area contributed by atoms with Crippen molar-refractivity contribution in [3.05, 3.63) is 82.2 Å². The highest BCUT2D eigenvalue weighted by molar-refractivity contribution is 5.80. The third-order valence-corrected chi connectivity index (χ3v) is 3.52. The van der Waals surface area contributed by atoms with E-state index in [1.54, 1.807) is 24.3 Å². The number of aromatic nitrogens is 2. The minimum atomic E-state index is -4.44. The van der Waals surface area contributed by atoms with E-state index >= 15 is 0 Å². The highest BCUT2D eigenvalue weighted by Crippen LogP contribution is 2.28. The second-order valence-electron chi connectivity index (χ2n) is 5.58. The fraction of sp³-hybridized carbons (Fsp3) is 0.0556. The standard InChI is InChI=1S/C18H12F3N5O3/c19-18(20,21)13-3-7-16(22-10-13)25-24-9-12-1-5-15(6-2-12)29-17-8-4-14(11-23-17)26(27)28/h1-11H,(H,22,25)/b24-9-. The zero-order valence-corrected chi connectivity index (χ0v) is 14.5. The number of halogens is 3. The number of anilines is 1. The third-order valence-electron chi connectivity index (χ3n) is 3.52. The Morgan fingerprint density at radius 3 is 2.34 bits per heavy atom. The summed E-state index contributed by atoms with van der Waals surface area (Å²) in [6, 6.07) is 11.4. The molecular formula is C18H12F3N5O3. The van der Waals surface area contributed by atoms with Gasteiger partial charge in [-0.2, -0.15) is 18.3 Å². The maximum Gasteiger partial charge on any atom is 0.417 e. The van der Waals surface area contributed by atoms with Crippen LogP contribution in [0.5, 0.6) is 11.6 Å². The molecule has 8 nitrogen and oxygen atoms in total. The Balaban J connectivity index is 1.56. The van der Waals surface area contributed by atoms with Crippen LogP contribution >= 0.6 is 0 Å². The van der Waals surface area contributed by atoms with Crippen LogP contribution in [-0.4, -0.2) is 21.1 Å². The molecule has 0 fully saturated rings. The van der Waals surface area contributed by atoms with Crippen molar-refractivity contribution in [2.24, 2.45) is 5.10 Å². The van der Waals surface area contributed by atoms with E-state index in [0.29, 0.717) is 11.3 Å². The molecule has 0 saturated heterocycles. The molecule has 1 N–H and O–H groups in total. The lowest BCUT2D eigenvalue weighted by Gasteiger charge is -2.06. The number of rotatable bonds is 6. The van der Waals surface area contributed by atoms with Gasteiger partial charge in [-0.25, -0.2) is 9.97 Å². The summed E-state index contributed by atoms with van der Waals surface area (Å²) in [7, 11) is 0. The van der Waals surface area contributed by atoms with Gasteiger partial charge in [0.2, 0.25) is 5.88 Å². The van der Waals surface area contributed by atoms with Crippen molar-refractivity contribution < 1.29 is 22.8 Å². The minimum absolute atomic E-state index is 0.140. The van der Waals surface area contributed by atoms with Gasteiger partial charge in [-0.1, -0.05) is 0 Å². The summed E-state index contributed by atoms with van der Waals surface area (Å²) >= 11 is 0. The second-order valence-corrected chi connectivity index (χ2v) is 5.58. The van der Waals surface area contributed by atoms with Crippen LogP contribution in [0, 0.1) is 10.1 Å². The summed E-state index contributed by atoms with van der Waals surface area (Å²) < 4.78 is 42.9. The minimum Gasteiger partial charge on any atom is -0.439 e. The first-order chi connectivity index (χ1) is 13.8. The number of hydrogen-bond donors (Lipinski definition) is 1. The Kier molecular flexibility index (Phi) is 5.67. The van der Waals surface area contributed by atoms with E-state index < -0.39 is 16.7 Å². The van der Waals surface area contributed by atoms with E-state index in [2.05, 4.69) is 20.5 Å². The fourth-order valence-electron chi connectivity index (χ4n) is 2.08. The van der Waals surface area contributed by atoms with Crippen molar-refractivity contribution in [3.8, 4) is 11.6 Å². The summed E-state index contributed by atoms with van der Waals surface area (Å²) in [6.07, 6.45) is -1.18. The summed E-state index contributed by atoms with van der Waals surface area (Å²) in [6.45, 7) is 0. The van der Waals surface area contributed by atoms with Crippen molar-refractivity contribution >= 4 is 17.7 Å². The molecule has 3 aromatic rings. The van der Waals surface area contributed by atoms with E-state index in [1.807, 2.05) is 0 Å². The molecule has 0 atom stereocenters. The Hall–Kier alpha value is -4.02. The molecule has 1 aromatic carbocycles. The van der Waals surface area contributed by atoms with Crippen LogP contribution in [0.25, 0.3) is 0 Å². The van der Waals surface area contributed by atoms with Gasteiger partial charge in [0.15, 0.2) is 0 Å². The Morgan fingerprint density at radius 1 is 1.03 bits per heavy atom. The molecule has 0 bridgehead atoms. The Morgan fingerprint density at radius 2 is 1.79 bits per heavy atom.